The van der Waals surface area contributed by atoms with Crippen LogP contribution in [0.4, 0.5) is 8.78 Å². The summed E-state index contributed by atoms with van der Waals surface area (Å²) in [4.78, 5) is 12.1. The predicted molar refractivity (Wildman–Crippen MR) is 88.6 cm³/mol. The molecular formula is C18H18F2N2O2. The Labute approximate surface area is 139 Å². The van der Waals surface area contributed by atoms with Crippen molar-refractivity contribution >= 4 is 11.6 Å². The van der Waals surface area contributed by atoms with Gasteiger partial charge in [0.25, 0.3) is 5.91 Å². The number of hydrazone groups is 1. The van der Waals surface area contributed by atoms with Gasteiger partial charge in [-0.1, -0.05) is 31.2 Å². The Morgan fingerprint density at radius 2 is 1.88 bits per heavy atom. The highest BCUT2D eigenvalue weighted by atomic mass is 19.3. The van der Waals surface area contributed by atoms with Crippen LogP contribution >= 0.6 is 0 Å². The number of carbonyl (C=O) groups excluding carboxylic acids is 1. The summed E-state index contributed by atoms with van der Waals surface area (Å²) >= 11 is 0. The first-order valence-electron chi connectivity index (χ1n) is 7.48. The lowest BCUT2D eigenvalue weighted by Gasteiger charge is -2.07. The van der Waals surface area contributed by atoms with E-state index in [0.717, 1.165) is 12.0 Å². The fourth-order valence-electron chi connectivity index (χ4n) is 2.05. The van der Waals surface area contributed by atoms with E-state index in [1.165, 1.54) is 12.1 Å². The van der Waals surface area contributed by atoms with Crippen LogP contribution in [0, 0.1) is 0 Å². The van der Waals surface area contributed by atoms with Crippen LogP contribution in [0.2, 0.25) is 0 Å². The summed E-state index contributed by atoms with van der Waals surface area (Å²) in [5, 5.41) is 4.01. The molecule has 1 N–H and O–H groups in total. The number of ether oxygens (including phenoxy) is 1. The maximum absolute atomic E-state index is 12.2. The summed E-state index contributed by atoms with van der Waals surface area (Å²) in [6.07, 6.45) is 0.899. The van der Waals surface area contributed by atoms with E-state index in [-0.39, 0.29) is 11.7 Å². The fourth-order valence-corrected chi connectivity index (χ4v) is 2.05. The molecule has 4 nitrogen and oxygen atoms in total. The lowest BCUT2D eigenvalue weighted by molar-refractivity contribution is -0.0498. The van der Waals surface area contributed by atoms with Crippen LogP contribution in [-0.2, 0) is 6.42 Å². The van der Waals surface area contributed by atoms with E-state index in [1.807, 2.05) is 19.1 Å². The Morgan fingerprint density at radius 3 is 2.50 bits per heavy atom. The fraction of sp³-hybridized carbons (Fsp3) is 0.222. The molecule has 0 saturated heterocycles. The largest absolute Gasteiger partial charge is 0.435 e. The van der Waals surface area contributed by atoms with E-state index in [1.54, 1.807) is 31.2 Å². The van der Waals surface area contributed by atoms with Gasteiger partial charge in [0.1, 0.15) is 5.75 Å². The zero-order valence-corrected chi connectivity index (χ0v) is 13.4. The van der Waals surface area contributed by atoms with E-state index in [4.69, 9.17) is 0 Å². The molecule has 0 aliphatic carbocycles. The maximum atomic E-state index is 12.2. The van der Waals surface area contributed by atoms with Gasteiger partial charge >= 0.3 is 6.61 Å². The lowest BCUT2D eigenvalue weighted by atomic mass is 10.1. The van der Waals surface area contributed by atoms with Gasteiger partial charge in [-0.05, 0) is 43.2 Å². The topological polar surface area (TPSA) is 50.7 Å². The van der Waals surface area contributed by atoms with Gasteiger partial charge in [-0.3, -0.25) is 4.79 Å². The normalized spacial score (nSPS) is 11.5. The second-order valence-corrected chi connectivity index (χ2v) is 5.09. The van der Waals surface area contributed by atoms with Crippen molar-refractivity contribution in [2.24, 2.45) is 5.10 Å². The van der Waals surface area contributed by atoms with Crippen molar-refractivity contribution in [1.82, 2.24) is 5.43 Å². The van der Waals surface area contributed by atoms with Crippen molar-refractivity contribution in [3.8, 4) is 5.75 Å². The Balaban J connectivity index is 2.06. The summed E-state index contributed by atoms with van der Waals surface area (Å²) in [5.41, 5.74) is 5.15. The van der Waals surface area contributed by atoms with Gasteiger partial charge in [0, 0.05) is 11.1 Å². The minimum Gasteiger partial charge on any atom is -0.435 e. The molecule has 0 radical (unpaired) electrons. The monoisotopic (exact) mass is 332 g/mol. The summed E-state index contributed by atoms with van der Waals surface area (Å²) < 4.78 is 28.8. The quantitative estimate of drug-likeness (QED) is 0.642. The highest BCUT2D eigenvalue weighted by Crippen LogP contribution is 2.16. The van der Waals surface area contributed by atoms with Gasteiger partial charge in [0.15, 0.2) is 0 Å². The van der Waals surface area contributed by atoms with E-state index < -0.39 is 6.61 Å². The lowest BCUT2D eigenvalue weighted by Crippen LogP contribution is -2.19. The second kappa shape index (κ2) is 8.19. The number of carbonyl (C=O) groups is 1. The first kappa shape index (κ1) is 17.6. The van der Waals surface area contributed by atoms with Crippen molar-refractivity contribution in [2.75, 3.05) is 0 Å². The molecule has 0 aliphatic rings. The molecule has 0 fully saturated rings. The van der Waals surface area contributed by atoms with E-state index >= 15 is 0 Å². The molecule has 0 saturated carbocycles. The van der Waals surface area contributed by atoms with Gasteiger partial charge < -0.3 is 4.74 Å². The number of nitrogens with one attached hydrogen (secondary N) is 1. The molecule has 0 unspecified atom stereocenters. The molecule has 0 atom stereocenters. The zero-order valence-electron chi connectivity index (χ0n) is 13.4. The van der Waals surface area contributed by atoms with Crippen molar-refractivity contribution in [1.29, 1.82) is 0 Å². The molecule has 6 heteroatoms. The molecule has 0 spiro atoms. The third-order valence-electron chi connectivity index (χ3n) is 3.43. The van der Waals surface area contributed by atoms with E-state index in [2.05, 4.69) is 15.3 Å². The molecule has 0 aromatic heterocycles. The Hall–Kier alpha value is -2.76. The van der Waals surface area contributed by atoms with Crippen LogP contribution in [0.25, 0.3) is 0 Å². The number of amides is 1. The molecule has 2 aromatic rings. The Morgan fingerprint density at radius 1 is 1.17 bits per heavy atom. The number of halogens is 2. The number of hydrogen-bond donors (Lipinski definition) is 1. The van der Waals surface area contributed by atoms with E-state index in [0.29, 0.717) is 16.8 Å². The SMILES string of the molecule is CCc1ccc(C(=O)N/N=C(/C)c2cccc(OC(F)F)c2)cc1. The smallest absolute Gasteiger partial charge is 0.387 e. The molecular weight excluding hydrogens is 314 g/mol. The average molecular weight is 332 g/mol. The minimum absolute atomic E-state index is 0.0403. The number of nitrogens with zero attached hydrogens (tertiary/aromatic N) is 1. The molecule has 24 heavy (non-hydrogen) atoms. The third-order valence-corrected chi connectivity index (χ3v) is 3.43. The molecule has 1 amide bonds. The van der Waals surface area contributed by atoms with Gasteiger partial charge in [0.05, 0.1) is 5.71 Å². The molecule has 0 heterocycles. The van der Waals surface area contributed by atoms with Gasteiger partial charge in [0.2, 0.25) is 0 Å². The van der Waals surface area contributed by atoms with Gasteiger partial charge in [-0.15, -0.1) is 0 Å². The number of benzene rings is 2. The van der Waals surface area contributed by atoms with Crippen molar-refractivity contribution in [3.63, 3.8) is 0 Å². The highest BCUT2D eigenvalue weighted by Gasteiger charge is 2.07. The average Bonchev–Trinajstić information content (AvgIpc) is 2.59. The van der Waals surface area contributed by atoms with Crippen LogP contribution in [0.3, 0.4) is 0 Å². The van der Waals surface area contributed by atoms with Crippen LogP contribution in [0.1, 0.15) is 35.3 Å². The van der Waals surface area contributed by atoms with Crippen LogP contribution < -0.4 is 10.2 Å². The number of hydrogen-bond acceptors (Lipinski definition) is 3. The van der Waals surface area contributed by atoms with Crippen molar-refractivity contribution < 1.29 is 18.3 Å². The third kappa shape index (κ3) is 4.87. The molecule has 2 aromatic carbocycles. The predicted octanol–water partition coefficient (Wildman–Crippen LogP) is 4.00. The standard InChI is InChI=1S/C18H18F2N2O2/c1-3-13-7-9-14(10-8-13)17(23)22-21-12(2)15-5-4-6-16(11-15)24-18(19)20/h4-11,18H,3H2,1-2H3,(H,22,23)/b21-12-. The molecule has 0 aliphatic heterocycles. The summed E-state index contributed by atoms with van der Waals surface area (Å²) in [6, 6.07) is 13.4. The molecule has 126 valence electrons. The summed E-state index contributed by atoms with van der Waals surface area (Å²) in [5.74, 6) is -0.296. The zero-order chi connectivity index (χ0) is 17.5. The van der Waals surface area contributed by atoms with Gasteiger partial charge in [-0.2, -0.15) is 13.9 Å². The number of alkyl halides is 2. The van der Waals surface area contributed by atoms with Crippen LogP contribution in [0.5, 0.6) is 5.75 Å². The first-order chi connectivity index (χ1) is 11.5. The van der Waals surface area contributed by atoms with E-state index in [9.17, 15) is 13.6 Å². The van der Waals surface area contributed by atoms with Crippen LogP contribution in [0.15, 0.2) is 53.6 Å². The second-order valence-electron chi connectivity index (χ2n) is 5.09. The highest BCUT2D eigenvalue weighted by molar-refractivity contribution is 6.01. The number of aryl methyl sites for hydroxylation is 1. The summed E-state index contributed by atoms with van der Waals surface area (Å²) in [6.45, 7) is 0.819. The molecule has 0 bridgehead atoms. The maximum Gasteiger partial charge on any atom is 0.387 e. The van der Waals surface area contributed by atoms with Crippen molar-refractivity contribution in [3.05, 3.63) is 65.2 Å². The van der Waals surface area contributed by atoms with Crippen LogP contribution in [-0.4, -0.2) is 18.2 Å². The van der Waals surface area contributed by atoms with Gasteiger partial charge in [-0.25, -0.2) is 5.43 Å². The Bertz CT molecular complexity index is 728. The first-order valence-corrected chi connectivity index (χ1v) is 7.48. The van der Waals surface area contributed by atoms with Crippen molar-refractivity contribution in [2.45, 2.75) is 26.9 Å². The number of rotatable bonds is 6. The summed E-state index contributed by atoms with van der Waals surface area (Å²) in [7, 11) is 0. The minimum atomic E-state index is -2.89. The molecule has 2 rings (SSSR count). The Kier molecular flexibility index (Phi) is 6.01.